The smallest absolute Gasteiger partial charge is 0.290 e. The normalized spacial score (nSPS) is 10.2. The average Bonchev–Trinajstić information content (AvgIpc) is 2.32. The van der Waals surface area contributed by atoms with Gasteiger partial charge in [-0.05, 0) is 6.42 Å². The molecule has 1 aromatic heterocycles. The summed E-state index contributed by atoms with van der Waals surface area (Å²) in [5.74, 6) is 0. The van der Waals surface area contributed by atoms with Crippen LogP contribution < -0.4 is 0 Å². The van der Waals surface area contributed by atoms with Gasteiger partial charge in [0.15, 0.2) is 0 Å². The van der Waals surface area contributed by atoms with E-state index in [4.69, 9.17) is 0 Å². The summed E-state index contributed by atoms with van der Waals surface area (Å²) >= 11 is 0. The van der Waals surface area contributed by atoms with Crippen LogP contribution in [0.3, 0.4) is 0 Å². The van der Waals surface area contributed by atoms with Gasteiger partial charge < -0.3 is 4.57 Å². The molecule has 0 bridgehead atoms. The molecule has 0 atom stereocenters. The van der Waals surface area contributed by atoms with Gasteiger partial charge in [-0.25, -0.2) is 0 Å². The zero-order valence-electron chi connectivity index (χ0n) is 7.28. The minimum Gasteiger partial charge on any atom is -0.351 e. The van der Waals surface area contributed by atoms with Gasteiger partial charge in [-0.1, -0.05) is 13.3 Å². The van der Waals surface area contributed by atoms with Gasteiger partial charge in [0.2, 0.25) is 0 Å². The van der Waals surface area contributed by atoms with Crippen LogP contribution >= 0.6 is 0 Å². The van der Waals surface area contributed by atoms with Crippen LogP contribution in [0.4, 0.5) is 5.69 Å². The summed E-state index contributed by atoms with van der Waals surface area (Å²) in [4.78, 5) is 10.2. The van der Waals surface area contributed by atoms with E-state index in [0.29, 0.717) is 0 Å². The molecule has 0 aliphatic heterocycles. The fraction of sp³-hybridized carbons (Fsp3) is 0.500. The molecular formula is C8H12N2O2. The van der Waals surface area contributed by atoms with Crippen LogP contribution in [-0.4, -0.2) is 9.49 Å². The van der Waals surface area contributed by atoms with Crippen molar-refractivity contribution in [2.45, 2.75) is 19.8 Å². The highest BCUT2D eigenvalue weighted by molar-refractivity contribution is 5.38. The number of nitro groups is 1. The van der Waals surface area contributed by atoms with Crippen molar-refractivity contribution in [3.05, 3.63) is 28.1 Å². The number of hydrogen-bond donors (Lipinski definition) is 0. The highest BCUT2D eigenvalue weighted by Crippen LogP contribution is 2.19. The first kappa shape index (κ1) is 8.77. The van der Waals surface area contributed by atoms with Crippen LogP contribution in [0.25, 0.3) is 0 Å². The van der Waals surface area contributed by atoms with Crippen molar-refractivity contribution < 1.29 is 4.92 Å². The third-order valence-electron chi connectivity index (χ3n) is 1.73. The molecule has 1 rings (SSSR count). The van der Waals surface area contributed by atoms with Crippen molar-refractivity contribution in [1.29, 1.82) is 0 Å². The molecule has 0 unspecified atom stereocenters. The predicted molar refractivity (Wildman–Crippen MR) is 46.1 cm³/mol. The van der Waals surface area contributed by atoms with Crippen LogP contribution in [0.15, 0.2) is 12.4 Å². The summed E-state index contributed by atoms with van der Waals surface area (Å²) in [6.07, 6.45) is 5.06. The topological polar surface area (TPSA) is 48.1 Å². The van der Waals surface area contributed by atoms with Gasteiger partial charge in [0.05, 0.1) is 11.1 Å². The standard InChI is InChI=1S/C8H12N2O2/c1-3-4-7-5-9(2)6-8(7)10(11)12/h5-6H,3-4H2,1-2H3. The van der Waals surface area contributed by atoms with Crippen LogP contribution in [0.2, 0.25) is 0 Å². The van der Waals surface area contributed by atoms with E-state index in [0.717, 1.165) is 18.4 Å². The summed E-state index contributed by atoms with van der Waals surface area (Å²) in [5, 5.41) is 10.5. The van der Waals surface area contributed by atoms with E-state index in [1.165, 1.54) is 0 Å². The minimum absolute atomic E-state index is 0.236. The molecular weight excluding hydrogens is 156 g/mol. The monoisotopic (exact) mass is 168 g/mol. The SMILES string of the molecule is CCCc1cn(C)cc1[N+](=O)[O-]. The van der Waals surface area contributed by atoms with Crippen molar-refractivity contribution >= 4 is 5.69 Å². The first-order valence-electron chi connectivity index (χ1n) is 3.94. The molecule has 4 heteroatoms. The fourth-order valence-corrected chi connectivity index (χ4v) is 1.25. The predicted octanol–water partition coefficient (Wildman–Crippen LogP) is 1.89. The van der Waals surface area contributed by atoms with Gasteiger partial charge in [0, 0.05) is 18.8 Å². The van der Waals surface area contributed by atoms with Crippen LogP contribution in [-0.2, 0) is 13.5 Å². The van der Waals surface area contributed by atoms with Crippen molar-refractivity contribution in [3.63, 3.8) is 0 Å². The zero-order chi connectivity index (χ0) is 9.14. The lowest BCUT2D eigenvalue weighted by Gasteiger charge is -1.91. The lowest BCUT2D eigenvalue weighted by molar-refractivity contribution is -0.385. The molecule has 0 aliphatic carbocycles. The van der Waals surface area contributed by atoms with Crippen LogP contribution in [0.1, 0.15) is 18.9 Å². The Balaban J connectivity index is 2.99. The summed E-state index contributed by atoms with van der Waals surface area (Å²) in [7, 11) is 1.80. The molecule has 0 saturated heterocycles. The van der Waals surface area contributed by atoms with Crippen molar-refractivity contribution in [3.8, 4) is 0 Å². The van der Waals surface area contributed by atoms with E-state index in [-0.39, 0.29) is 10.6 Å². The van der Waals surface area contributed by atoms with Gasteiger partial charge in [0.25, 0.3) is 5.69 Å². The summed E-state index contributed by atoms with van der Waals surface area (Å²) in [5.41, 5.74) is 1.06. The first-order chi connectivity index (χ1) is 5.65. The van der Waals surface area contributed by atoms with E-state index in [1.807, 2.05) is 13.1 Å². The highest BCUT2D eigenvalue weighted by atomic mass is 16.6. The maximum absolute atomic E-state index is 10.5. The second kappa shape index (κ2) is 3.38. The third kappa shape index (κ3) is 1.64. The first-order valence-corrected chi connectivity index (χ1v) is 3.94. The third-order valence-corrected chi connectivity index (χ3v) is 1.73. The molecule has 0 saturated carbocycles. The molecule has 0 radical (unpaired) electrons. The summed E-state index contributed by atoms with van der Waals surface area (Å²) in [6, 6.07) is 0. The molecule has 0 spiro atoms. The van der Waals surface area contributed by atoms with Gasteiger partial charge >= 0.3 is 0 Å². The van der Waals surface area contributed by atoms with Crippen molar-refractivity contribution in [2.75, 3.05) is 0 Å². The Kier molecular flexibility index (Phi) is 2.47. The summed E-state index contributed by atoms with van der Waals surface area (Å²) in [6.45, 7) is 2.01. The van der Waals surface area contributed by atoms with E-state index >= 15 is 0 Å². The molecule has 0 aromatic carbocycles. The quantitative estimate of drug-likeness (QED) is 0.511. The number of aromatic nitrogens is 1. The maximum Gasteiger partial charge on any atom is 0.290 e. The van der Waals surface area contributed by atoms with Crippen molar-refractivity contribution in [2.24, 2.45) is 7.05 Å². The molecule has 12 heavy (non-hydrogen) atoms. The molecule has 1 heterocycles. The Morgan fingerprint density at radius 2 is 2.25 bits per heavy atom. The van der Waals surface area contributed by atoms with E-state index in [1.54, 1.807) is 17.8 Å². The molecule has 0 N–H and O–H groups in total. The van der Waals surface area contributed by atoms with E-state index < -0.39 is 0 Å². The van der Waals surface area contributed by atoms with Crippen LogP contribution in [0.5, 0.6) is 0 Å². The van der Waals surface area contributed by atoms with Crippen molar-refractivity contribution in [1.82, 2.24) is 4.57 Å². The Morgan fingerprint density at radius 1 is 1.58 bits per heavy atom. The molecule has 4 nitrogen and oxygen atoms in total. The van der Waals surface area contributed by atoms with Gasteiger partial charge in [0.1, 0.15) is 0 Å². The van der Waals surface area contributed by atoms with Crippen LogP contribution in [0, 0.1) is 10.1 Å². The molecule has 0 aliphatic rings. The van der Waals surface area contributed by atoms with Gasteiger partial charge in [-0.3, -0.25) is 10.1 Å². The highest BCUT2D eigenvalue weighted by Gasteiger charge is 2.14. The maximum atomic E-state index is 10.5. The molecule has 0 amide bonds. The second-order valence-electron chi connectivity index (χ2n) is 2.84. The lowest BCUT2D eigenvalue weighted by Crippen LogP contribution is -1.90. The Morgan fingerprint density at radius 3 is 2.75 bits per heavy atom. The number of aryl methyl sites for hydroxylation is 2. The second-order valence-corrected chi connectivity index (χ2v) is 2.84. The number of rotatable bonds is 3. The van der Waals surface area contributed by atoms with Gasteiger partial charge in [-0.2, -0.15) is 0 Å². The Hall–Kier alpha value is -1.32. The van der Waals surface area contributed by atoms with E-state index in [2.05, 4.69) is 0 Å². The van der Waals surface area contributed by atoms with E-state index in [9.17, 15) is 10.1 Å². The lowest BCUT2D eigenvalue weighted by atomic mass is 10.2. The average molecular weight is 168 g/mol. The number of nitrogens with zero attached hydrogens (tertiary/aromatic N) is 2. The Labute approximate surface area is 71.0 Å². The molecule has 1 aromatic rings. The largest absolute Gasteiger partial charge is 0.351 e. The Bertz CT molecular complexity index is 291. The fourth-order valence-electron chi connectivity index (χ4n) is 1.25. The minimum atomic E-state index is -0.328. The van der Waals surface area contributed by atoms with Gasteiger partial charge in [-0.15, -0.1) is 0 Å². The molecule has 66 valence electrons. The number of hydrogen-bond acceptors (Lipinski definition) is 2. The summed E-state index contributed by atoms with van der Waals surface area (Å²) < 4.78 is 1.73. The molecule has 0 fully saturated rings. The zero-order valence-corrected chi connectivity index (χ0v) is 7.28.